The van der Waals surface area contributed by atoms with Gasteiger partial charge in [-0.2, -0.15) is 0 Å². The molecule has 1 aromatic rings. The molecule has 0 aromatic carbocycles. The van der Waals surface area contributed by atoms with Crippen molar-refractivity contribution in [3.8, 4) is 0 Å². The quantitative estimate of drug-likeness (QED) is 0.593. The fourth-order valence-electron chi connectivity index (χ4n) is 1.37. The summed E-state index contributed by atoms with van der Waals surface area (Å²) in [6, 6.07) is 3.09. The number of nitrogens with two attached hydrogens (primary N) is 1. The number of carboxylic acids is 1. The van der Waals surface area contributed by atoms with Gasteiger partial charge in [-0.3, -0.25) is 9.59 Å². The van der Waals surface area contributed by atoms with Gasteiger partial charge < -0.3 is 20.9 Å². The number of thiophene rings is 1. The van der Waals surface area contributed by atoms with Crippen LogP contribution in [0.15, 0.2) is 17.5 Å². The highest BCUT2D eigenvalue weighted by Gasteiger charge is 2.18. The van der Waals surface area contributed by atoms with Gasteiger partial charge in [0.1, 0.15) is 6.61 Å². The van der Waals surface area contributed by atoms with Crippen molar-refractivity contribution >= 4 is 23.2 Å². The fourth-order valence-corrected chi connectivity index (χ4v) is 2.15. The van der Waals surface area contributed by atoms with Crippen LogP contribution in [0, 0.1) is 0 Å². The van der Waals surface area contributed by atoms with Crippen molar-refractivity contribution in [1.29, 1.82) is 0 Å². The fraction of sp³-hybridized carbons (Fsp3) is 0.455. The zero-order valence-electron chi connectivity index (χ0n) is 9.80. The van der Waals surface area contributed by atoms with Crippen LogP contribution in [-0.4, -0.2) is 36.7 Å². The Labute approximate surface area is 109 Å². The molecule has 0 bridgehead atoms. The number of aliphatic carboxylic acids is 1. The molecule has 0 saturated heterocycles. The number of carbonyl (C=O) groups excluding carboxylic acids is 1. The highest BCUT2D eigenvalue weighted by molar-refractivity contribution is 7.10. The van der Waals surface area contributed by atoms with Crippen LogP contribution in [0.4, 0.5) is 0 Å². The molecule has 18 heavy (non-hydrogen) atoms. The molecular weight excluding hydrogens is 256 g/mol. The lowest BCUT2D eigenvalue weighted by Crippen LogP contribution is -2.33. The van der Waals surface area contributed by atoms with E-state index in [1.54, 1.807) is 6.07 Å². The van der Waals surface area contributed by atoms with Crippen LogP contribution in [0.2, 0.25) is 0 Å². The van der Waals surface area contributed by atoms with Crippen molar-refractivity contribution in [2.45, 2.75) is 12.5 Å². The Morgan fingerprint density at radius 1 is 1.56 bits per heavy atom. The molecule has 0 spiro atoms. The maximum absolute atomic E-state index is 11.5. The van der Waals surface area contributed by atoms with Gasteiger partial charge in [-0.1, -0.05) is 6.07 Å². The van der Waals surface area contributed by atoms with Crippen molar-refractivity contribution in [3.63, 3.8) is 0 Å². The number of hydrogen-bond acceptors (Lipinski definition) is 5. The van der Waals surface area contributed by atoms with Crippen molar-refractivity contribution < 1.29 is 19.4 Å². The predicted molar refractivity (Wildman–Crippen MR) is 67.3 cm³/mol. The summed E-state index contributed by atoms with van der Waals surface area (Å²) in [6.45, 7) is 0.533. The van der Waals surface area contributed by atoms with E-state index in [4.69, 9.17) is 15.6 Å². The van der Waals surface area contributed by atoms with Crippen LogP contribution in [0.5, 0.6) is 0 Å². The third-order valence-electron chi connectivity index (χ3n) is 2.10. The summed E-state index contributed by atoms with van der Waals surface area (Å²) in [7, 11) is 0. The number of nitrogens with one attached hydrogen (secondary N) is 1. The molecule has 1 unspecified atom stereocenters. The van der Waals surface area contributed by atoms with Gasteiger partial charge in [-0.25, -0.2) is 0 Å². The minimum absolute atomic E-state index is 0.112. The monoisotopic (exact) mass is 272 g/mol. The molecule has 0 saturated carbocycles. The van der Waals surface area contributed by atoms with Gasteiger partial charge in [0.05, 0.1) is 19.1 Å². The van der Waals surface area contributed by atoms with Crippen LogP contribution >= 0.6 is 11.3 Å². The standard InChI is InChI=1S/C11H16N2O4S/c12-3-4-17-7-10(14)13-8(6-11(15)16)9-2-1-5-18-9/h1-2,5,8H,3-4,6-7,12H2,(H,13,14)(H,15,16). The Morgan fingerprint density at radius 2 is 2.33 bits per heavy atom. The first-order chi connectivity index (χ1) is 8.63. The van der Waals surface area contributed by atoms with Crippen molar-refractivity contribution in [2.75, 3.05) is 19.8 Å². The predicted octanol–water partition coefficient (Wildman–Crippen LogP) is 0.355. The largest absolute Gasteiger partial charge is 0.481 e. The lowest BCUT2D eigenvalue weighted by atomic mass is 10.1. The van der Waals surface area contributed by atoms with Crippen LogP contribution in [-0.2, 0) is 14.3 Å². The third kappa shape index (κ3) is 5.26. The Kier molecular flexibility index (Phi) is 6.34. The van der Waals surface area contributed by atoms with E-state index in [1.165, 1.54) is 11.3 Å². The molecule has 1 amide bonds. The van der Waals surface area contributed by atoms with Crippen LogP contribution in [0.25, 0.3) is 0 Å². The Balaban J connectivity index is 2.51. The van der Waals surface area contributed by atoms with Crippen LogP contribution in [0.3, 0.4) is 0 Å². The second kappa shape index (κ2) is 7.80. The molecule has 1 heterocycles. The molecule has 0 aliphatic carbocycles. The van der Waals surface area contributed by atoms with Gasteiger partial charge in [-0.15, -0.1) is 11.3 Å². The number of amides is 1. The SMILES string of the molecule is NCCOCC(=O)NC(CC(=O)O)c1cccs1. The minimum atomic E-state index is -0.962. The first kappa shape index (κ1) is 14.6. The molecule has 1 aromatic heterocycles. The van der Waals surface area contributed by atoms with E-state index in [-0.39, 0.29) is 18.9 Å². The maximum Gasteiger partial charge on any atom is 0.305 e. The smallest absolute Gasteiger partial charge is 0.305 e. The number of ether oxygens (including phenoxy) is 1. The Bertz CT molecular complexity index is 380. The summed E-state index contributed by atoms with van der Waals surface area (Å²) in [5, 5.41) is 13.3. The summed E-state index contributed by atoms with van der Waals surface area (Å²) in [4.78, 5) is 23.1. The van der Waals surface area contributed by atoms with E-state index in [9.17, 15) is 9.59 Å². The van der Waals surface area contributed by atoms with Crippen LogP contribution in [0.1, 0.15) is 17.3 Å². The number of carbonyl (C=O) groups is 2. The van der Waals surface area contributed by atoms with Gasteiger partial charge in [0.25, 0.3) is 0 Å². The van der Waals surface area contributed by atoms with E-state index >= 15 is 0 Å². The molecule has 6 nitrogen and oxygen atoms in total. The van der Waals surface area contributed by atoms with E-state index in [1.807, 2.05) is 11.4 Å². The first-order valence-corrected chi connectivity index (χ1v) is 6.33. The van der Waals surface area contributed by atoms with E-state index in [2.05, 4.69) is 5.32 Å². The van der Waals surface area contributed by atoms with Crippen molar-refractivity contribution in [2.24, 2.45) is 5.73 Å². The van der Waals surface area contributed by atoms with Gasteiger partial charge in [0.15, 0.2) is 0 Å². The second-order valence-corrected chi connectivity index (χ2v) is 4.55. The van der Waals surface area contributed by atoms with Gasteiger partial charge in [0, 0.05) is 11.4 Å². The summed E-state index contributed by atoms with van der Waals surface area (Å²) in [6.07, 6.45) is -0.150. The summed E-state index contributed by atoms with van der Waals surface area (Å²) >= 11 is 1.40. The van der Waals surface area contributed by atoms with Gasteiger partial charge >= 0.3 is 5.97 Å². The van der Waals surface area contributed by atoms with Crippen LogP contribution < -0.4 is 11.1 Å². The zero-order valence-corrected chi connectivity index (χ0v) is 10.6. The van der Waals surface area contributed by atoms with E-state index in [0.717, 1.165) is 4.88 Å². The highest BCUT2D eigenvalue weighted by atomic mass is 32.1. The molecule has 0 aliphatic heterocycles. The molecule has 0 aliphatic rings. The average Bonchev–Trinajstić information content (AvgIpc) is 2.81. The maximum atomic E-state index is 11.5. The molecule has 1 rings (SSSR count). The van der Waals surface area contributed by atoms with Crippen molar-refractivity contribution in [3.05, 3.63) is 22.4 Å². The highest BCUT2D eigenvalue weighted by Crippen LogP contribution is 2.21. The van der Waals surface area contributed by atoms with E-state index < -0.39 is 12.0 Å². The summed E-state index contributed by atoms with van der Waals surface area (Å²) in [5.74, 6) is -1.31. The molecule has 1 atom stereocenters. The lowest BCUT2D eigenvalue weighted by Gasteiger charge is -2.15. The topological polar surface area (TPSA) is 102 Å². The third-order valence-corrected chi connectivity index (χ3v) is 3.08. The summed E-state index contributed by atoms with van der Waals surface area (Å²) in [5.41, 5.74) is 5.23. The zero-order chi connectivity index (χ0) is 13.4. The molecule has 100 valence electrons. The average molecular weight is 272 g/mol. The van der Waals surface area contributed by atoms with Crippen molar-refractivity contribution in [1.82, 2.24) is 5.32 Å². The normalized spacial score (nSPS) is 12.1. The van der Waals surface area contributed by atoms with E-state index in [0.29, 0.717) is 13.2 Å². The molecule has 0 radical (unpaired) electrons. The molecule has 4 N–H and O–H groups in total. The summed E-state index contributed by atoms with van der Waals surface area (Å²) < 4.78 is 4.99. The number of hydrogen-bond donors (Lipinski definition) is 3. The number of rotatable bonds is 8. The minimum Gasteiger partial charge on any atom is -0.481 e. The second-order valence-electron chi connectivity index (χ2n) is 3.57. The molecule has 0 fully saturated rings. The first-order valence-electron chi connectivity index (χ1n) is 5.46. The Morgan fingerprint density at radius 3 is 2.89 bits per heavy atom. The van der Waals surface area contributed by atoms with Gasteiger partial charge in [-0.05, 0) is 11.4 Å². The number of carboxylic acid groups (broad SMARTS) is 1. The molecular formula is C11H16N2O4S. The van der Waals surface area contributed by atoms with Gasteiger partial charge in [0.2, 0.25) is 5.91 Å². The Hall–Kier alpha value is -1.44. The lowest BCUT2D eigenvalue weighted by molar-refractivity contribution is -0.138. The molecule has 7 heteroatoms.